The second kappa shape index (κ2) is 9.48. The van der Waals surface area contributed by atoms with Gasteiger partial charge in [0.15, 0.2) is 0 Å². The first-order chi connectivity index (χ1) is 14.5. The number of methoxy groups -OCH3 is 1. The number of carbonyl (C=O) groups excluding carboxylic acids is 2. The minimum atomic E-state index is -0.693. The van der Waals surface area contributed by atoms with Gasteiger partial charge in [0.1, 0.15) is 17.3 Å². The zero-order valence-corrected chi connectivity index (χ0v) is 17.6. The number of unbranched alkanes of at least 4 members (excludes halogenated alkanes) is 1. The SMILES string of the molecule is CCCCN1C(=O)C(=O)/C(=C(\O)c2ccccc2OC)C1c1cccc(OCC)c1. The molecule has 1 atom stereocenters. The highest BCUT2D eigenvalue weighted by molar-refractivity contribution is 6.46. The molecule has 6 nitrogen and oxygen atoms in total. The van der Waals surface area contributed by atoms with Crippen LogP contribution in [0.3, 0.4) is 0 Å². The molecular formula is C24H27NO5. The van der Waals surface area contributed by atoms with E-state index >= 15 is 0 Å². The number of aliphatic hydroxyl groups excluding tert-OH is 1. The van der Waals surface area contributed by atoms with E-state index in [9.17, 15) is 14.7 Å². The summed E-state index contributed by atoms with van der Waals surface area (Å²) in [4.78, 5) is 27.4. The third kappa shape index (κ3) is 4.03. The Morgan fingerprint density at radius 3 is 2.57 bits per heavy atom. The largest absolute Gasteiger partial charge is 0.507 e. The molecule has 0 radical (unpaired) electrons. The molecule has 0 saturated carbocycles. The fourth-order valence-corrected chi connectivity index (χ4v) is 3.71. The first-order valence-electron chi connectivity index (χ1n) is 10.2. The Morgan fingerprint density at radius 2 is 1.87 bits per heavy atom. The average molecular weight is 409 g/mol. The minimum Gasteiger partial charge on any atom is -0.507 e. The first kappa shape index (κ1) is 21.4. The van der Waals surface area contributed by atoms with Crippen molar-refractivity contribution in [2.24, 2.45) is 0 Å². The molecule has 6 heteroatoms. The van der Waals surface area contributed by atoms with Crippen molar-refractivity contribution in [3.05, 3.63) is 65.2 Å². The van der Waals surface area contributed by atoms with Crippen molar-refractivity contribution in [3.63, 3.8) is 0 Å². The highest BCUT2D eigenvalue weighted by Gasteiger charge is 2.46. The van der Waals surface area contributed by atoms with Crippen LogP contribution in [0.5, 0.6) is 11.5 Å². The lowest BCUT2D eigenvalue weighted by Gasteiger charge is -2.25. The number of para-hydroxylation sites is 1. The third-order valence-electron chi connectivity index (χ3n) is 5.14. The van der Waals surface area contributed by atoms with Crippen molar-refractivity contribution in [1.82, 2.24) is 4.90 Å². The van der Waals surface area contributed by atoms with Crippen LogP contribution in [0.25, 0.3) is 5.76 Å². The Labute approximate surface area is 176 Å². The molecule has 1 fully saturated rings. The topological polar surface area (TPSA) is 76.1 Å². The summed E-state index contributed by atoms with van der Waals surface area (Å²) in [6.45, 7) is 4.84. The molecule has 2 aromatic carbocycles. The van der Waals surface area contributed by atoms with E-state index in [1.807, 2.05) is 38.1 Å². The lowest BCUT2D eigenvalue weighted by atomic mass is 9.94. The fourth-order valence-electron chi connectivity index (χ4n) is 3.71. The van der Waals surface area contributed by atoms with Crippen LogP contribution in [-0.2, 0) is 9.59 Å². The number of likely N-dealkylation sites (tertiary alicyclic amines) is 1. The maximum absolute atomic E-state index is 13.0. The number of aliphatic hydroxyl groups is 1. The first-order valence-corrected chi connectivity index (χ1v) is 10.2. The summed E-state index contributed by atoms with van der Waals surface area (Å²) in [5.41, 5.74) is 1.15. The van der Waals surface area contributed by atoms with Crippen LogP contribution in [0.2, 0.25) is 0 Å². The number of rotatable bonds is 8. The lowest BCUT2D eigenvalue weighted by molar-refractivity contribution is -0.139. The van der Waals surface area contributed by atoms with Gasteiger partial charge in [-0.1, -0.05) is 37.6 Å². The normalized spacial score (nSPS) is 18.0. The van der Waals surface area contributed by atoms with E-state index < -0.39 is 17.7 Å². The molecule has 1 saturated heterocycles. The summed E-state index contributed by atoms with van der Waals surface area (Å²) in [7, 11) is 1.50. The predicted molar refractivity (Wildman–Crippen MR) is 115 cm³/mol. The van der Waals surface area contributed by atoms with E-state index in [0.717, 1.165) is 12.8 Å². The fraction of sp³-hybridized carbons (Fsp3) is 0.333. The zero-order chi connectivity index (χ0) is 21.7. The molecule has 158 valence electrons. The number of hydrogen-bond acceptors (Lipinski definition) is 5. The molecule has 0 aliphatic carbocycles. The van der Waals surface area contributed by atoms with Gasteiger partial charge in [-0.2, -0.15) is 0 Å². The van der Waals surface area contributed by atoms with Crippen LogP contribution in [0.1, 0.15) is 43.9 Å². The molecule has 2 aromatic rings. The van der Waals surface area contributed by atoms with E-state index in [0.29, 0.717) is 35.8 Å². The Kier molecular flexibility index (Phi) is 6.77. The van der Waals surface area contributed by atoms with Crippen molar-refractivity contribution < 1.29 is 24.2 Å². The lowest BCUT2D eigenvalue weighted by Crippen LogP contribution is -2.30. The van der Waals surface area contributed by atoms with Gasteiger partial charge >= 0.3 is 0 Å². The summed E-state index contributed by atoms with van der Waals surface area (Å²) in [6.07, 6.45) is 1.63. The predicted octanol–water partition coefficient (Wildman–Crippen LogP) is 4.32. The zero-order valence-electron chi connectivity index (χ0n) is 17.6. The van der Waals surface area contributed by atoms with Gasteiger partial charge in [0.2, 0.25) is 0 Å². The number of nitrogens with zero attached hydrogens (tertiary/aromatic N) is 1. The smallest absolute Gasteiger partial charge is 0.295 e. The Balaban J connectivity index is 2.19. The molecule has 1 unspecified atom stereocenters. The molecule has 1 aliphatic heterocycles. The van der Waals surface area contributed by atoms with Crippen molar-refractivity contribution in [2.75, 3.05) is 20.3 Å². The molecule has 1 amide bonds. The van der Waals surface area contributed by atoms with Crippen LogP contribution in [0.15, 0.2) is 54.1 Å². The monoisotopic (exact) mass is 409 g/mol. The Hall–Kier alpha value is -3.28. The Bertz CT molecular complexity index is 966. The second-order valence-electron chi connectivity index (χ2n) is 7.05. The number of benzene rings is 2. The van der Waals surface area contributed by atoms with Gasteiger partial charge in [0.25, 0.3) is 11.7 Å². The number of hydrogen-bond donors (Lipinski definition) is 1. The van der Waals surface area contributed by atoms with E-state index in [4.69, 9.17) is 9.47 Å². The molecule has 3 rings (SSSR count). The highest BCUT2D eigenvalue weighted by atomic mass is 16.5. The van der Waals surface area contributed by atoms with Gasteiger partial charge in [0.05, 0.1) is 30.9 Å². The van der Waals surface area contributed by atoms with Crippen LogP contribution in [0.4, 0.5) is 0 Å². The van der Waals surface area contributed by atoms with Crippen molar-refractivity contribution in [3.8, 4) is 11.5 Å². The molecular weight excluding hydrogens is 382 g/mol. The van der Waals surface area contributed by atoms with Crippen molar-refractivity contribution in [2.45, 2.75) is 32.7 Å². The maximum Gasteiger partial charge on any atom is 0.295 e. The number of amides is 1. The summed E-state index contributed by atoms with van der Waals surface area (Å²) in [5.74, 6) is -0.463. The summed E-state index contributed by atoms with van der Waals surface area (Å²) in [5, 5.41) is 11.1. The van der Waals surface area contributed by atoms with Gasteiger partial charge in [-0.25, -0.2) is 0 Å². The third-order valence-corrected chi connectivity index (χ3v) is 5.14. The molecule has 0 spiro atoms. The summed E-state index contributed by atoms with van der Waals surface area (Å²) in [6, 6.07) is 13.5. The molecule has 1 heterocycles. The quantitative estimate of drug-likeness (QED) is 0.399. The molecule has 0 bridgehead atoms. The molecule has 30 heavy (non-hydrogen) atoms. The van der Waals surface area contributed by atoms with Gasteiger partial charge in [0, 0.05) is 6.54 Å². The Morgan fingerprint density at radius 1 is 1.10 bits per heavy atom. The number of ketones is 1. The average Bonchev–Trinajstić information content (AvgIpc) is 3.02. The van der Waals surface area contributed by atoms with E-state index in [1.165, 1.54) is 12.0 Å². The van der Waals surface area contributed by atoms with Crippen LogP contribution in [-0.4, -0.2) is 42.0 Å². The van der Waals surface area contributed by atoms with E-state index in [2.05, 4.69) is 0 Å². The van der Waals surface area contributed by atoms with Crippen molar-refractivity contribution in [1.29, 1.82) is 0 Å². The molecule has 1 N–H and O–H groups in total. The van der Waals surface area contributed by atoms with Crippen molar-refractivity contribution >= 4 is 17.4 Å². The summed E-state index contributed by atoms with van der Waals surface area (Å²) < 4.78 is 11.0. The van der Waals surface area contributed by atoms with Gasteiger partial charge < -0.3 is 19.5 Å². The van der Waals surface area contributed by atoms with Gasteiger partial charge in [-0.15, -0.1) is 0 Å². The van der Waals surface area contributed by atoms with Gasteiger partial charge in [-0.05, 0) is 43.2 Å². The second-order valence-corrected chi connectivity index (χ2v) is 7.05. The number of Topliss-reactive ketones (excluding diaryl/α,β-unsaturated/α-hetero) is 1. The van der Waals surface area contributed by atoms with Crippen LogP contribution >= 0.6 is 0 Å². The number of carbonyl (C=O) groups is 2. The van der Waals surface area contributed by atoms with E-state index in [1.54, 1.807) is 24.3 Å². The standard InChI is InChI=1S/C24H27NO5/c1-4-6-14-25-21(16-10-9-11-17(15-16)30-5-2)20(23(27)24(25)28)22(26)18-12-7-8-13-19(18)29-3/h7-13,15,21,26H,4-6,14H2,1-3H3/b22-20-. The maximum atomic E-state index is 13.0. The van der Waals surface area contributed by atoms with Gasteiger partial charge in [-0.3, -0.25) is 9.59 Å². The summed E-state index contributed by atoms with van der Waals surface area (Å²) >= 11 is 0. The molecule has 1 aliphatic rings. The highest BCUT2D eigenvalue weighted by Crippen LogP contribution is 2.41. The molecule has 0 aromatic heterocycles. The van der Waals surface area contributed by atoms with Crippen LogP contribution in [0, 0.1) is 0 Å². The van der Waals surface area contributed by atoms with Crippen LogP contribution < -0.4 is 9.47 Å². The van der Waals surface area contributed by atoms with E-state index in [-0.39, 0.29) is 11.3 Å². The number of ether oxygens (including phenoxy) is 2. The minimum absolute atomic E-state index is 0.0641.